The molecule has 0 saturated heterocycles. The molecule has 2 heteroatoms. The van der Waals surface area contributed by atoms with Crippen LogP contribution in [0.3, 0.4) is 0 Å². The predicted molar refractivity (Wildman–Crippen MR) is 80.8 cm³/mol. The Hall–Kier alpha value is -1.02. The van der Waals surface area contributed by atoms with Gasteiger partial charge in [0.05, 0.1) is 6.10 Å². The normalized spacial score (nSPS) is 18.6. The lowest BCUT2D eigenvalue weighted by atomic mass is 9.69. The summed E-state index contributed by atoms with van der Waals surface area (Å²) in [6.07, 6.45) is 6.65. The minimum atomic E-state index is 0.208. The number of hydrogen-bond donors (Lipinski definition) is 1. The van der Waals surface area contributed by atoms with Crippen LogP contribution in [0.5, 0.6) is 5.75 Å². The van der Waals surface area contributed by atoms with Gasteiger partial charge in [-0.3, -0.25) is 0 Å². The van der Waals surface area contributed by atoms with Gasteiger partial charge in [-0.2, -0.15) is 0 Å². The smallest absolute Gasteiger partial charge is 0.122 e. The molecular formula is C17H27NO. The monoisotopic (exact) mass is 261 g/mol. The lowest BCUT2D eigenvalue weighted by molar-refractivity contribution is 0.240. The summed E-state index contributed by atoms with van der Waals surface area (Å²) in [6, 6.07) is 6.63. The van der Waals surface area contributed by atoms with E-state index in [0.717, 1.165) is 12.3 Å². The van der Waals surface area contributed by atoms with Crippen LogP contribution in [-0.4, -0.2) is 12.6 Å². The number of benzene rings is 1. The summed E-state index contributed by atoms with van der Waals surface area (Å²) in [5.41, 5.74) is 8.95. The van der Waals surface area contributed by atoms with Crippen LogP contribution >= 0.6 is 0 Å². The van der Waals surface area contributed by atoms with E-state index in [-0.39, 0.29) is 11.5 Å². The molecule has 0 aromatic heterocycles. The van der Waals surface area contributed by atoms with Gasteiger partial charge in [0.15, 0.2) is 0 Å². The van der Waals surface area contributed by atoms with Crippen LogP contribution in [0.4, 0.5) is 0 Å². The van der Waals surface area contributed by atoms with Crippen molar-refractivity contribution < 1.29 is 4.74 Å². The molecule has 2 N–H and O–H groups in total. The highest BCUT2D eigenvalue weighted by Crippen LogP contribution is 2.39. The molecule has 2 nitrogen and oxygen atoms in total. The van der Waals surface area contributed by atoms with Crippen molar-refractivity contribution >= 4 is 0 Å². The van der Waals surface area contributed by atoms with Crippen LogP contribution in [0.25, 0.3) is 0 Å². The van der Waals surface area contributed by atoms with E-state index in [1.807, 2.05) is 0 Å². The minimum Gasteiger partial charge on any atom is -0.491 e. The second-order valence-corrected chi connectivity index (χ2v) is 6.19. The molecule has 0 spiro atoms. The molecule has 1 aliphatic rings. The summed E-state index contributed by atoms with van der Waals surface area (Å²) in [4.78, 5) is 0. The molecular weight excluding hydrogens is 234 g/mol. The lowest BCUT2D eigenvalue weighted by Gasteiger charge is -2.37. The number of ether oxygens (including phenoxy) is 1. The first-order valence-corrected chi connectivity index (χ1v) is 7.55. The molecule has 0 amide bonds. The highest BCUT2D eigenvalue weighted by Gasteiger charge is 2.32. The third-order valence-electron chi connectivity index (χ3n) is 4.35. The summed E-state index contributed by atoms with van der Waals surface area (Å²) < 4.78 is 5.82. The van der Waals surface area contributed by atoms with Gasteiger partial charge in [0, 0.05) is 12.0 Å². The summed E-state index contributed by atoms with van der Waals surface area (Å²) in [7, 11) is 0. The minimum absolute atomic E-state index is 0.208. The van der Waals surface area contributed by atoms with Gasteiger partial charge in [-0.1, -0.05) is 31.4 Å². The number of hydrogen-bond acceptors (Lipinski definition) is 2. The molecule has 0 atom stereocenters. The Bertz CT molecular complexity index is 419. The van der Waals surface area contributed by atoms with Crippen molar-refractivity contribution in [2.75, 3.05) is 6.54 Å². The molecule has 0 bridgehead atoms. The van der Waals surface area contributed by atoms with E-state index in [1.54, 1.807) is 0 Å². The lowest BCUT2D eigenvalue weighted by Crippen LogP contribution is -2.37. The third kappa shape index (κ3) is 3.11. The first-order chi connectivity index (χ1) is 9.07. The fourth-order valence-corrected chi connectivity index (χ4v) is 3.20. The van der Waals surface area contributed by atoms with Crippen molar-refractivity contribution in [1.29, 1.82) is 0 Å². The van der Waals surface area contributed by atoms with Crippen molar-refractivity contribution in [2.24, 2.45) is 5.73 Å². The predicted octanol–water partition coefficient (Wildman–Crippen LogP) is 3.94. The average Bonchev–Trinajstić information content (AvgIpc) is 2.41. The standard InChI is InChI=1S/C17H27NO/c1-13(2)19-16-8-7-15(11-14(16)3)17(12-18)9-5-4-6-10-17/h7-8,11,13H,4-6,9-10,12,18H2,1-3H3. The van der Waals surface area contributed by atoms with Gasteiger partial charge in [-0.25, -0.2) is 0 Å². The van der Waals surface area contributed by atoms with Gasteiger partial charge >= 0.3 is 0 Å². The fraction of sp³-hybridized carbons (Fsp3) is 0.647. The van der Waals surface area contributed by atoms with Crippen molar-refractivity contribution in [3.8, 4) is 5.75 Å². The first kappa shape index (κ1) is 14.4. The fourth-order valence-electron chi connectivity index (χ4n) is 3.20. The van der Waals surface area contributed by atoms with E-state index in [9.17, 15) is 0 Å². The van der Waals surface area contributed by atoms with Gasteiger partial charge in [0.25, 0.3) is 0 Å². The van der Waals surface area contributed by atoms with Gasteiger partial charge in [-0.05, 0) is 50.8 Å². The van der Waals surface area contributed by atoms with Crippen LogP contribution in [0.15, 0.2) is 18.2 Å². The van der Waals surface area contributed by atoms with Crippen LogP contribution in [-0.2, 0) is 5.41 Å². The summed E-state index contributed by atoms with van der Waals surface area (Å²) in [6.45, 7) is 7.02. The van der Waals surface area contributed by atoms with E-state index in [0.29, 0.717) is 0 Å². The molecule has 19 heavy (non-hydrogen) atoms. The maximum Gasteiger partial charge on any atom is 0.122 e. The zero-order valence-corrected chi connectivity index (χ0v) is 12.5. The van der Waals surface area contributed by atoms with Crippen LogP contribution in [0, 0.1) is 6.92 Å². The maximum absolute atomic E-state index is 6.11. The van der Waals surface area contributed by atoms with Crippen molar-refractivity contribution in [3.63, 3.8) is 0 Å². The van der Waals surface area contributed by atoms with Crippen LogP contribution in [0.1, 0.15) is 57.1 Å². The molecule has 1 saturated carbocycles. The highest BCUT2D eigenvalue weighted by atomic mass is 16.5. The largest absolute Gasteiger partial charge is 0.491 e. The molecule has 0 radical (unpaired) electrons. The molecule has 106 valence electrons. The number of nitrogens with two attached hydrogens (primary N) is 1. The Morgan fingerprint density at radius 2 is 1.89 bits per heavy atom. The molecule has 0 unspecified atom stereocenters. The Kier molecular flexibility index (Phi) is 4.51. The van der Waals surface area contributed by atoms with E-state index < -0.39 is 0 Å². The second-order valence-electron chi connectivity index (χ2n) is 6.19. The van der Waals surface area contributed by atoms with E-state index in [2.05, 4.69) is 39.0 Å². The van der Waals surface area contributed by atoms with Crippen molar-refractivity contribution in [1.82, 2.24) is 0 Å². The average molecular weight is 261 g/mol. The summed E-state index contributed by atoms with van der Waals surface area (Å²) in [5.74, 6) is 1.00. The molecule has 1 aromatic carbocycles. The van der Waals surface area contributed by atoms with E-state index in [4.69, 9.17) is 10.5 Å². The van der Waals surface area contributed by atoms with Crippen LogP contribution in [0.2, 0.25) is 0 Å². The number of aryl methyl sites for hydroxylation is 1. The maximum atomic E-state index is 6.11. The van der Waals surface area contributed by atoms with E-state index in [1.165, 1.54) is 43.2 Å². The summed E-state index contributed by atoms with van der Waals surface area (Å²) in [5, 5.41) is 0. The molecule has 1 aromatic rings. The van der Waals surface area contributed by atoms with E-state index >= 15 is 0 Å². The molecule has 2 rings (SSSR count). The van der Waals surface area contributed by atoms with Gasteiger partial charge in [0.2, 0.25) is 0 Å². The Morgan fingerprint density at radius 3 is 2.42 bits per heavy atom. The van der Waals surface area contributed by atoms with Gasteiger partial charge in [0.1, 0.15) is 5.75 Å². The third-order valence-corrected chi connectivity index (χ3v) is 4.35. The second kappa shape index (κ2) is 5.96. The van der Waals surface area contributed by atoms with Crippen molar-refractivity contribution in [2.45, 2.75) is 64.4 Å². The topological polar surface area (TPSA) is 35.2 Å². The van der Waals surface area contributed by atoms with Gasteiger partial charge < -0.3 is 10.5 Å². The van der Waals surface area contributed by atoms with Crippen LogP contribution < -0.4 is 10.5 Å². The van der Waals surface area contributed by atoms with Gasteiger partial charge in [-0.15, -0.1) is 0 Å². The first-order valence-electron chi connectivity index (χ1n) is 7.55. The quantitative estimate of drug-likeness (QED) is 0.891. The Labute approximate surface area is 117 Å². The molecule has 1 aliphatic carbocycles. The summed E-state index contributed by atoms with van der Waals surface area (Å²) >= 11 is 0. The highest BCUT2D eigenvalue weighted by molar-refractivity contribution is 5.40. The number of rotatable bonds is 4. The zero-order valence-electron chi connectivity index (χ0n) is 12.5. The molecule has 1 fully saturated rings. The molecule has 0 aliphatic heterocycles. The Morgan fingerprint density at radius 1 is 1.21 bits per heavy atom. The molecule has 0 heterocycles. The SMILES string of the molecule is Cc1cc(C2(CN)CCCCC2)ccc1OC(C)C. The van der Waals surface area contributed by atoms with Crippen molar-refractivity contribution in [3.05, 3.63) is 29.3 Å². The Balaban J connectivity index is 2.27. The zero-order chi connectivity index (χ0) is 13.9.